The molecule has 0 saturated carbocycles. The Morgan fingerprint density at radius 1 is 1.16 bits per heavy atom. The summed E-state index contributed by atoms with van der Waals surface area (Å²) in [7, 11) is 0. The summed E-state index contributed by atoms with van der Waals surface area (Å²) in [4.78, 5) is 16.8. The van der Waals surface area contributed by atoms with E-state index in [1.165, 1.54) is 23.5 Å². The zero-order chi connectivity index (χ0) is 17.2. The number of benzene rings is 2. The van der Waals surface area contributed by atoms with E-state index in [0.717, 1.165) is 16.9 Å². The average Bonchev–Trinajstić information content (AvgIpc) is 3.10. The molecule has 0 bridgehead atoms. The van der Waals surface area contributed by atoms with Gasteiger partial charge in [0.05, 0.1) is 11.3 Å². The summed E-state index contributed by atoms with van der Waals surface area (Å²) in [5.74, 6) is 0.235. The van der Waals surface area contributed by atoms with Crippen LogP contribution in [0.4, 0.5) is 9.52 Å². The number of hydrogen-bond donors (Lipinski definition) is 1. The zero-order valence-corrected chi connectivity index (χ0v) is 13.8. The second kappa shape index (κ2) is 6.49. The highest BCUT2D eigenvalue weighted by Gasteiger charge is 2.18. The first-order valence-electron chi connectivity index (χ1n) is 7.64. The van der Waals surface area contributed by atoms with Crippen molar-refractivity contribution in [3.05, 3.63) is 70.9 Å². The Balaban J connectivity index is 1.50. The van der Waals surface area contributed by atoms with Crippen molar-refractivity contribution in [3.63, 3.8) is 0 Å². The number of para-hydroxylation sites is 1. The fourth-order valence-electron chi connectivity index (χ4n) is 2.51. The zero-order valence-electron chi connectivity index (χ0n) is 13.0. The summed E-state index contributed by atoms with van der Waals surface area (Å²) >= 11 is 1.32. The molecule has 0 atom stereocenters. The third-order valence-corrected chi connectivity index (χ3v) is 4.55. The van der Waals surface area contributed by atoms with Crippen molar-refractivity contribution >= 4 is 28.5 Å². The van der Waals surface area contributed by atoms with Crippen molar-refractivity contribution < 1.29 is 13.9 Å². The molecule has 4 nitrogen and oxygen atoms in total. The van der Waals surface area contributed by atoms with Gasteiger partial charge in [-0.3, -0.25) is 10.1 Å². The number of carbonyl (C=O) groups excluding carboxylic acids is 1. The van der Waals surface area contributed by atoms with Gasteiger partial charge < -0.3 is 4.74 Å². The van der Waals surface area contributed by atoms with Gasteiger partial charge in [0.2, 0.25) is 0 Å². The summed E-state index contributed by atoms with van der Waals surface area (Å²) < 4.78 is 18.6. The van der Waals surface area contributed by atoms with Gasteiger partial charge in [0, 0.05) is 16.5 Å². The normalized spacial score (nSPS) is 12.8. The number of nitrogens with one attached hydrogen (secondary N) is 1. The minimum absolute atomic E-state index is 0.221. The lowest BCUT2D eigenvalue weighted by Crippen LogP contribution is -2.21. The molecule has 2 heterocycles. The highest BCUT2D eigenvalue weighted by molar-refractivity contribution is 7.14. The van der Waals surface area contributed by atoms with Gasteiger partial charge in [-0.15, -0.1) is 11.3 Å². The number of rotatable bonds is 3. The maximum atomic E-state index is 13.0. The Labute approximate surface area is 147 Å². The Morgan fingerprint density at radius 2 is 1.96 bits per heavy atom. The van der Waals surface area contributed by atoms with Crippen LogP contribution in [0.1, 0.15) is 5.56 Å². The molecule has 3 aromatic rings. The van der Waals surface area contributed by atoms with Crippen LogP contribution in [0.15, 0.2) is 59.5 Å². The van der Waals surface area contributed by atoms with Crippen molar-refractivity contribution in [1.29, 1.82) is 0 Å². The van der Waals surface area contributed by atoms with Crippen LogP contribution in [0.2, 0.25) is 0 Å². The first-order chi connectivity index (χ1) is 12.2. The molecule has 25 heavy (non-hydrogen) atoms. The number of hydrogen-bond acceptors (Lipinski definition) is 4. The van der Waals surface area contributed by atoms with Crippen LogP contribution in [0.5, 0.6) is 5.75 Å². The lowest BCUT2D eigenvalue weighted by atomic mass is 10.1. The number of thiazole rings is 1. The quantitative estimate of drug-likeness (QED) is 0.762. The largest absolute Gasteiger partial charge is 0.488 e. The lowest BCUT2D eigenvalue weighted by Gasteiger charge is -2.16. The standard InChI is InChI=1S/C19H13FN2O2S/c20-15-7-5-12(6-8-15)16-11-25-19(21-16)22-18(23)14-9-13-3-1-2-4-17(13)24-10-14/h1-9,11H,10H2,(H,21,22,23). The van der Waals surface area contributed by atoms with Crippen LogP contribution in [0.3, 0.4) is 0 Å². The topological polar surface area (TPSA) is 51.2 Å². The second-order valence-electron chi connectivity index (χ2n) is 5.49. The van der Waals surface area contributed by atoms with Crippen molar-refractivity contribution in [2.75, 3.05) is 11.9 Å². The third-order valence-electron chi connectivity index (χ3n) is 3.79. The van der Waals surface area contributed by atoms with Crippen molar-refractivity contribution in [2.24, 2.45) is 0 Å². The van der Waals surface area contributed by atoms with E-state index >= 15 is 0 Å². The molecule has 1 N–H and O–H groups in total. The van der Waals surface area contributed by atoms with E-state index in [0.29, 0.717) is 16.4 Å². The number of nitrogens with zero attached hydrogens (tertiary/aromatic N) is 1. The number of fused-ring (bicyclic) bond motifs is 1. The summed E-state index contributed by atoms with van der Waals surface area (Å²) in [5.41, 5.74) is 2.91. The molecular weight excluding hydrogens is 339 g/mol. The number of halogens is 1. The molecule has 124 valence electrons. The minimum Gasteiger partial charge on any atom is -0.488 e. The fourth-order valence-corrected chi connectivity index (χ4v) is 3.22. The van der Waals surface area contributed by atoms with Crippen molar-refractivity contribution in [2.45, 2.75) is 0 Å². The summed E-state index contributed by atoms with van der Waals surface area (Å²) in [6.45, 7) is 0.221. The molecule has 1 aliphatic heterocycles. The Hall–Kier alpha value is -2.99. The maximum absolute atomic E-state index is 13.0. The van der Waals surface area contributed by atoms with Crippen LogP contribution in [0.25, 0.3) is 17.3 Å². The molecule has 6 heteroatoms. The minimum atomic E-state index is -0.294. The van der Waals surface area contributed by atoms with Gasteiger partial charge in [-0.1, -0.05) is 18.2 Å². The summed E-state index contributed by atoms with van der Waals surface area (Å²) in [6.07, 6.45) is 1.82. The van der Waals surface area contributed by atoms with E-state index in [1.54, 1.807) is 12.1 Å². The Morgan fingerprint density at radius 3 is 2.80 bits per heavy atom. The lowest BCUT2D eigenvalue weighted by molar-refractivity contribution is -0.113. The van der Waals surface area contributed by atoms with Crippen molar-refractivity contribution in [3.8, 4) is 17.0 Å². The molecule has 1 aromatic heterocycles. The number of carbonyl (C=O) groups is 1. The third kappa shape index (κ3) is 3.29. The van der Waals surface area contributed by atoms with Gasteiger partial charge in [-0.05, 0) is 36.4 Å². The Kier molecular flexibility index (Phi) is 4.03. The monoisotopic (exact) mass is 352 g/mol. The number of amides is 1. The van der Waals surface area contributed by atoms with E-state index in [2.05, 4.69) is 10.3 Å². The summed E-state index contributed by atoms with van der Waals surface area (Å²) in [5, 5.41) is 5.10. The van der Waals surface area contributed by atoms with E-state index in [1.807, 2.05) is 35.7 Å². The van der Waals surface area contributed by atoms with Gasteiger partial charge in [0.1, 0.15) is 18.2 Å². The van der Waals surface area contributed by atoms with Gasteiger partial charge >= 0.3 is 0 Å². The van der Waals surface area contributed by atoms with E-state index in [-0.39, 0.29) is 18.3 Å². The molecule has 4 rings (SSSR count). The summed E-state index contributed by atoms with van der Waals surface area (Å²) in [6, 6.07) is 13.6. The van der Waals surface area contributed by atoms with Crippen LogP contribution in [-0.2, 0) is 4.79 Å². The van der Waals surface area contributed by atoms with E-state index in [9.17, 15) is 9.18 Å². The molecule has 0 saturated heterocycles. The molecule has 1 aliphatic rings. The number of aromatic nitrogens is 1. The SMILES string of the molecule is O=C(Nc1nc(-c2ccc(F)cc2)cs1)C1=Cc2ccccc2OC1. The van der Waals surface area contributed by atoms with Crippen molar-refractivity contribution in [1.82, 2.24) is 4.98 Å². The molecule has 0 fully saturated rings. The fraction of sp³-hybridized carbons (Fsp3) is 0.0526. The molecule has 0 unspecified atom stereocenters. The van der Waals surface area contributed by atoms with Crippen LogP contribution >= 0.6 is 11.3 Å². The molecule has 2 aromatic carbocycles. The van der Waals surface area contributed by atoms with Crippen LogP contribution in [-0.4, -0.2) is 17.5 Å². The predicted molar refractivity (Wildman–Crippen MR) is 96.1 cm³/mol. The van der Waals surface area contributed by atoms with Crippen LogP contribution in [0, 0.1) is 5.82 Å². The highest BCUT2D eigenvalue weighted by Crippen LogP contribution is 2.28. The molecule has 1 amide bonds. The number of ether oxygens (including phenoxy) is 1. The van der Waals surface area contributed by atoms with E-state index in [4.69, 9.17) is 4.74 Å². The molecule has 0 aliphatic carbocycles. The van der Waals surface area contributed by atoms with Crippen LogP contribution < -0.4 is 10.1 Å². The first kappa shape index (κ1) is 15.5. The molecular formula is C19H13FN2O2S. The first-order valence-corrected chi connectivity index (χ1v) is 8.52. The smallest absolute Gasteiger partial charge is 0.256 e. The second-order valence-corrected chi connectivity index (χ2v) is 6.35. The maximum Gasteiger partial charge on any atom is 0.256 e. The van der Waals surface area contributed by atoms with Gasteiger partial charge in [-0.2, -0.15) is 0 Å². The van der Waals surface area contributed by atoms with Gasteiger partial charge in [0.15, 0.2) is 5.13 Å². The van der Waals surface area contributed by atoms with Gasteiger partial charge in [-0.25, -0.2) is 9.37 Å². The molecule has 0 spiro atoms. The highest BCUT2D eigenvalue weighted by atomic mass is 32.1. The Bertz CT molecular complexity index is 964. The number of anilines is 1. The molecule has 0 radical (unpaired) electrons. The average molecular weight is 352 g/mol. The van der Waals surface area contributed by atoms with E-state index < -0.39 is 0 Å². The van der Waals surface area contributed by atoms with Gasteiger partial charge in [0.25, 0.3) is 5.91 Å². The predicted octanol–water partition coefficient (Wildman–Crippen LogP) is 4.36.